The van der Waals surface area contributed by atoms with E-state index >= 15 is 0 Å². The third kappa shape index (κ3) is 4.26. The van der Waals surface area contributed by atoms with E-state index in [2.05, 4.69) is 20.6 Å². The number of nitrogens with one attached hydrogen (secondary N) is 2. The average molecular weight is 455 g/mol. The summed E-state index contributed by atoms with van der Waals surface area (Å²) in [7, 11) is 0. The van der Waals surface area contributed by atoms with E-state index in [-0.39, 0.29) is 12.1 Å². The van der Waals surface area contributed by atoms with Crippen molar-refractivity contribution >= 4 is 43.9 Å². The molecule has 0 radical (unpaired) electrons. The maximum atomic E-state index is 10.2. The van der Waals surface area contributed by atoms with Crippen molar-refractivity contribution in [3.8, 4) is 5.75 Å². The molecule has 1 unspecified atom stereocenters. The molecule has 3 N–H and O–H groups in total. The van der Waals surface area contributed by atoms with Crippen LogP contribution in [-0.2, 0) is 0 Å². The molecule has 1 aliphatic heterocycles. The van der Waals surface area contributed by atoms with E-state index in [1.54, 1.807) is 29.9 Å². The Bertz CT molecular complexity index is 1130. The molecule has 31 heavy (non-hydrogen) atoms. The van der Waals surface area contributed by atoms with Gasteiger partial charge in [-0.3, -0.25) is 4.98 Å². The number of hydrogen-bond donors (Lipinski definition) is 3. The lowest BCUT2D eigenvalue weighted by molar-refractivity contribution is 0.116. The van der Waals surface area contributed by atoms with Crippen molar-refractivity contribution in [2.24, 2.45) is 0 Å². The third-order valence-corrected chi connectivity index (χ3v) is 6.94. The lowest BCUT2D eigenvalue weighted by atomic mass is 9.93. The van der Waals surface area contributed by atoms with E-state index in [0.717, 1.165) is 52.2 Å². The van der Waals surface area contributed by atoms with Crippen LogP contribution in [0, 0.1) is 0 Å². The number of benzene rings is 1. The zero-order valence-corrected chi connectivity index (χ0v) is 18.4. The number of fused-ring (bicyclic) bond motifs is 1. The number of aliphatic hydroxyl groups is 1. The highest BCUT2D eigenvalue weighted by Gasteiger charge is 2.36. The van der Waals surface area contributed by atoms with Gasteiger partial charge in [0.2, 0.25) is 0 Å². The minimum Gasteiger partial charge on any atom is -0.450 e. The first-order valence-corrected chi connectivity index (χ1v) is 11.6. The highest BCUT2D eigenvalue weighted by Crippen LogP contribution is 2.37. The lowest BCUT2D eigenvalue weighted by Crippen LogP contribution is -2.44. The van der Waals surface area contributed by atoms with Crippen molar-refractivity contribution in [3.63, 3.8) is 0 Å². The number of halogens is 1. The van der Waals surface area contributed by atoms with E-state index in [0.29, 0.717) is 5.75 Å². The molecule has 2 aliphatic rings. The van der Waals surface area contributed by atoms with Crippen LogP contribution in [0.5, 0.6) is 5.75 Å². The van der Waals surface area contributed by atoms with Crippen molar-refractivity contribution in [1.82, 2.24) is 15.3 Å². The zero-order chi connectivity index (χ0) is 21.3. The van der Waals surface area contributed by atoms with Gasteiger partial charge < -0.3 is 20.5 Å². The summed E-state index contributed by atoms with van der Waals surface area (Å²) in [5.74, 6) is 0.632. The Hall–Kier alpha value is -2.61. The first-order chi connectivity index (χ1) is 15.1. The molecule has 3 atom stereocenters. The van der Waals surface area contributed by atoms with Crippen LogP contribution in [0.3, 0.4) is 0 Å². The number of aromatic nitrogens is 2. The molecular formula is C23H23ClN4O2S. The molecule has 1 fully saturated rings. The summed E-state index contributed by atoms with van der Waals surface area (Å²) in [5.41, 5.74) is 2.54. The van der Waals surface area contributed by atoms with Crippen LogP contribution in [0.15, 0.2) is 61.1 Å². The Morgan fingerprint density at radius 3 is 3.00 bits per heavy atom. The molecule has 5 rings (SSSR count). The van der Waals surface area contributed by atoms with Crippen LogP contribution < -0.4 is 15.4 Å². The second-order valence-electron chi connectivity index (χ2n) is 7.77. The Labute approximate surface area is 189 Å². The quantitative estimate of drug-likeness (QED) is 0.376. The van der Waals surface area contributed by atoms with Gasteiger partial charge in [0.25, 0.3) is 5.18 Å². The molecule has 3 heterocycles. The molecule has 1 aromatic carbocycles. The van der Waals surface area contributed by atoms with Crippen LogP contribution in [0.4, 0.5) is 5.13 Å². The summed E-state index contributed by atoms with van der Waals surface area (Å²) < 4.78 is 7.21. The summed E-state index contributed by atoms with van der Waals surface area (Å²) in [6.45, 7) is 0. The van der Waals surface area contributed by atoms with Crippen molar-refractivity contribution in [2.75, 3.05) is 5.32 Å². The fraction of sp³-hybridized carbons (Fsp3) is 0.304. The Morgan fingerprint density at radius 2 is 2.16 bits per heavy atom. The molecule has 0 spiro atoms. The summed E-state index contributed by atoms with van der Waals surface area (Å²) in [4.78, 5) is 8.86. The van der Waals surface area contributed by atoms with Gasteiger partial charge in [-0.25, -0.2) is 4.98 Å². The topological polar surface area (TPSA) is 79.3 Å². The Kier molecular flexibility index (Phi) is 5.56. The summed E-state index contributed by atoms with van der Waals surface area (Å²) in [6, 6.07) is 9.61. The monoisotopic (exact) mass is 454 g/mol. The van der Waals surface area contributed by atoms with Crippen LogP contribution in [0.2, 0.25) is 0 Å². The van der Waals surface area contributed by atoms with E-state index in [1.807, 2.05) is 42.5 Å². The Morgan fingerprint density at radius 1 is 1.26 bits per heavy atom. The second-order valence-corrected chi connectivity index (χ2v) is 9.34. The Balaban J connectivity index is 1.38. The van der Waals surface area contributed by atoms with Gasteiger partial charge in [0.1, 0.15) is 5.75 Å². The SMILES string of the molecule is O[C@@H]1CCCC[C@H]1Nc1nc2ccc(OC3(Cl)NC=CC=C3c3cccnc3)cc2s1. The second kappa shape index (κ2) is 8.49. The molecule has 6 nitrogen and oxygen atoms in total. The molecule has 1 saturated carbocycles. The van der Waals surface area contributed by atoms with Gasteiger partial charge in [-0.1, -0.05) is 30.2 Å². The number of dihydropyridines is 1. The lowest BCUT2D eigenvalue weighted by Gasteiger charge is -2.32. The molecule has 2 aromatic heterocycles. The molecule has 0 saturated heterocycles. The fourth-order valence-electron chi connectivity index (χ4n) is 4.00. The largest absolute Gasteiger partial charge is 0.450 e. The highest BCUT2D eigenvalue weighted by atomic mass is 35.5. The van der Waals surface area contributed by atoms with E-state index < -0.39 is 5.18 Å². The van der Waals surface area contributed by atoms with Crippen LogP contribution in [-0.4, -0.2) is 32.4 Å². The van der Waals surface area contributed by atoms with Crippen molar-refractivity contribution < 1.29 is 9.84 Å². The number of anilines is 1. The maximum Gasteiger partial charge on any atom is 0.285 e. The zero-order valence-electron chi connectivity index (χ0n) is 16.8. The highest BCUT2D eigenvalue weighted by molar-refractivity contribution is 7.22. The predicted molar refractivity (Wildman–Crippen MR) is 125 cm³/mol. The van der Waals surface area contributed by atoms with Crippen molar-refractivity contribution in [3.05, 3.63) is 66.6 Å². The van der Waals surface area contributed by atoms with Gasteiger partial charge in [0.15, 0.2) is 5.13 Å². The number of thiazole rings is 1. The van der Waals surface area contributed by atoms with Gasteiger partial charge in [-0.15, -0.1) is 0 Å². The molecule has 8 heteroatoms. The predicted octanol–water partition coefficient (Wildman–Crippen LogP) is 4.88. The minimum absolute atomic E-state index is 0.0570. The average Bonchev–Trinajstić information content (AvgIpc) is 3.18. The number of ether oxygens (including phenoxy) is 1. The normalized spacial score (nSPS) is 25.7. The summed E-state index contributed by atoms with van der Waals surface area (Å²) >= 11 is 8.43. The standard InChI is InChI=1S/C23H23ClN4O2S/c24-23(17(6-4-12-26-23)15-5-3-11-25-14-15)30-16-9-10-19-21(13-16)31-22(28-19)27-18-7-1-2-8-20(18)29/h3-6,9-14,18,20,26,29H,1-2,7-8H2,(H,27,28)/t18-,20-,23?/m1/s1. The number of allylic oxidation sites excluding steroid dienone is 2. The fourth-order valence-corrected chi connectivity index (χ4v) is 5.28. The number of aliphatic hydroxyl groups excluding tert-OH is 1. The third-order valence-electron chi connectivity index (χ3n) is 5.60. The molecule has 0 bridgehead atoms. The van der Waals surface area contributed by atoms with Gasteiger partial charge in [0, 0.05) is 29.7 Å². The van der Waals surface area contributed by atoms with Crippen LogP contribution in [0.25, 0.3) is 15.8 Å². The van der Waals surface area contributed by atoms with Gasteiger partial charge in [0.05, 0.1) is 22.4 Å². The maximum absolute atomic E-state index is 10.2. The smallest absolute Gasteiger partial charge is 0.285 e. The first-order valence-electron chi connectivity index (χ1n) is 10.4. The van der Waals surface area contributed by atoms with Crippen molar-refractivity contribution in [2.45, 2.75) is 43.0 Å². The van der Waals surface area contributed by atoms with Gasteiger partial charge in [-0.2, -0.15) is 0 Å². The first kappa shape index (κ1) is 20.3. The van der Waals surface area contributed by atoms with E-state index in [1.165, 1.54) is 0 Å². The van der Waals surface area contributed by atoms with E-state index in [9.17, 15) is 5.11 Å². The number of pyridine rings is 1. The van der Waals surface area contributed by atoms with Crippen LogP contribution in [0.1, 0.15) is 31.2 Å². The van der Waals surface area contributed by atoms with Gasteiger partial charge >= 0.3 is 0 Å². The summed E-state index contributed by atoms with van der Waals surface area (Å²) in [5, 5.41) is 16.3. The number of alkyl halides is 1. The molecular weight excluding hydrogens is 432 g/mol. The van der Waals surface area contributed by atoms with E-state index in [4.69, 9.17) is 16.3 Å². The number of hydrogen-bond acceptors (Lipinski definition) is 7. The summed E-state index contributed by atoms with van der Waals surface area (Å²) in [6.07, 6.45) is 12.7. The molecule has 160 valence electrons. The van der Waals surface area contributed by atoms with Crippen LogP contribution >= 0.6 is 22.9 Å². The minimum atomic E-state index is -1.25. The van der Waals surface area contributed by atoms with Crippen molar-refractivity contribution in [1.29, 1.82) is 0 Å². The number of nitrogens with zero attached hydrogens (tertiary/aromatic N) is 2. The molecule has 1 aliphatic carbocycles. The van der Waals surface area contributed by atoms with Gasteiger partial charge in [-0.05, 0) is 60.9 Å². The molecule has 3 aromatic rings. The molecule has 0 amide bonds. The number of rotatable bonds is 5.